The minimum atomic E-state index is -5.10. The molecule has 12 heteroatoms. The number of amides is 1. The number of carbonyl (C=O) groups excluding carboxylic acids is 1. The zero-order chi connectivity index (χ0) is 20.9. The highest BCUT2D eigenvalue weighted by Gasteiger charge is 2.39. The van der Waals surface area contributed by atoms with Crippen molar-refractivity contribution in [3.63, 3.8) is 0 Å². The molecule has 0 saturated carbocycles. The topological polar surface area (TPSA) is 138 Å². The predicted octanol–water partition coefficient (Wildman–Crippen LogP) is 2.39. The average molecular weight is 392 g/mol. The van der Waals surface area contributed by atoms with Crippen molar-refractivity contribution in [1.29, 1.82) is 0 Å². The van der Waals surface area contributed by atoms with Gasteiger partial charge in [0.05, 0.1) is 16.1 Å². The smallest absolute Gasteiger partial charge is 0.417 e. The number of hydrogen-bond acceptors (Lipinski definition) is 5. The van der Waals surface area contributed by atoms with E-state index in [2.05, 4.69) is 0 Å². The Morgan fingerprint density at radius 2 is 1.85 bits per heavy atom. The van der Waals surface area contributed by atoms with Crippen molar-refractivity contribution in [1.82, 2.24) is 4.90 Å². The van der Waals surface area contributed by atoms with Crippen molar-refractivity contribution >= 4 is 23.5 Å². The van der Waals surface area contributed by atoms with Crippen LogP contribution in [0, 0.1) is 10.1 Å². The quantitative estimate of drug-likeness (QED) is 0.512. The zero-order valence-corrected chi connectivity index (χ0v) is 13.9. The molecule has 0 bridgehead atoms. The number of nitro benzene ring substituents is 1. The van der Waals surface area contributed by atoms with Crippen molar-refractivity contribution in [2.45, 2.75) is 32.0 Å². The summed E-state index contributed by atoms with van der Waals surface area (Å²) in [6.45, 7) is 0.997. The van der Waals surface area contributed by atoms with Crippen LogP contribution in [0.3, 0.4) is 0 Å². The first-order valence-electron chi connectivity index (χ1n) is 7.51. The van der Waals surface area contributed by atoms with E-state index in [1.54, 1.807) is 0 Å². The molecule has 0 saturated heterocycles. The number of alkyl halides is 3. The molecule has 0 heterocycles. The normalized spacial score (nSPS) is 12.3. The van der Waals surface area contributed by atoms with Crippen molar-refractivity contribution in [2.24, 2.45) is 0 Å². The molecule has 0 aliphatic heterocycles. The number of non-ortho nitro benzene ring substituents is 1. The Hall–Kier alpha value is -3.18. The van der Waals surface area contributed by atoms with Gasteiger partial charge in [-0.1, -0.05) is 0 Å². The molecule has 148 valence electrons. The van der Waals surface area contributed by atoms with Crippen LogP contribution in [0.25, 0.3) is 0 Å². The molecule has 27 heavy (non-hydrogen) atoms. The van der Waals surface area contributed by atoms with Gasteiger partial charge in [0.2, 0.25) is 0 Å². The number of rotatable bonds is 8. The lowest BCUT2D eigenvalue weighted by Crippen LogP contribution is -2.45. The third-order valence-corrected chi connectivity index (χ3v) is 3.64. The molecule has 2 N–H and O–H groups in total. The monoisotopic (exact) mass is 392 g/mol. The summed E-state index contributed by atoms with van der Waals surface area (Å²) in [6.07, 6.45) is -6.23. The van der Waals surface area contributed by atoms with Gasteiger partial charge in [0, 0.05) is 25.1 Å². The fourth-order valence-electron chi connectivity index (χ4n) is 2.40. The van der Waals surface area contributed by atoms with Gasteiger partial charge in [-0.2, -0.15) is 13.2 Å². The van der Waals surface area contributed by atoms with Crippen LogP contribution in [0.1, 0.15) is 35.7 Å². The number of nitrogens with zero attached hydrogens (tertiary/aromatic N) is 2. The first-order chi connectivity index (χ1) is 12.4. The lowest BCUT2D eigenvalue weighted by molar-refractivity contribution is -0.385. The first-order valence-corrected chi connectivity index (χ1v) is 7.51. The van der Waals surface area contributed by atoms with E-state index in [0.29, 0.717) is 17.0 Å². The number of carbonyl (C=O) groups is 3. The maximum atomic E-state index is 13.2. The standard InChI is InChI=1S/C15H15F3N2O7/c1-2-19(11(14(24)25)5-6-12(21)22)13(23)9-4-3-8(20(26)27)7-10(9)15(16,17)18/h3-4,7,11H,2,5-6H2,1H3,(H,21,22)(H,24,25)/t11-/m0/s1. The van der Waals surface area contributed by atoms with Gasteiger partial charge in [0.25, 0.3) is 11.6 Å². The number of nitro groups is 1. The van der Waals surface area contributed by atoms with Gasteiger partial charge in [-0.15, -0.1) is 0 Å². The van der Waals surface area contributed by atoms with Crippen LogP contribution in [0.15, 0.2) is 18.2 Å². The first kappa shape index (κ1) is 21.9. The molecule has 0 aromatic heterocycles. The summed E-state index contributed by atoms with van der Waals surface area (Å²) in [4.78, 5) is 44.8. The second-order valence-corrected chi connectivity index (χ2v) is 5.36. The number of benzene rings is 1. The molecule has 1 aromatic rings. The van der Waals surface area contributed by atoms with Crippen LogP contribution < -0.4 is 0 Å². The second-order valence-electron chi connectivity index (χ2n) is 5.36. The number of aliphatic carboxylic acids is 2. The van der Waals surface area contributed by atoms with Crippen LogP contribution in [0.2, 0.25) is 0 Å². The SMILES string of the molecule is CCN(C(=O)c1ccc([N+](=O)[O-])cc1C(F)(F)F)[C@@H](CCC(=O)O)C(=O)O. The van der Waals surface area contributed by atoms with Gasteiger partial charge < -0.3 is 15.1 Å². The molecule has 1 amide bonds. The van der Waals surface area contributed by atoms with Gasteiger partial charge in [-0.05, 0) is 19.4 Å². The van der Waals surface area contributed by atoms with Gasteiger partial charge in [0.1, 0.15) is 6.04 Å². The largest absolute Gasteiger partial charge is 0.481 e. The second kappa shape index (κ2) is 8.47. The third kappa shape index (κ3) is 5.39. The Morgan fingerprint density at radius 3 is 2.26 bits per heavy atom. The van der Waals surface area contributed by atoms with Crippen LogP contribution in [0.5, 0.6) is 0 Å². The van der Waals surface area contributed by atoms with Gasteiger partial charge in [0.15, 0.2) is 0 Å². The molecule has 1 aromatic carbocycles. The number of carboxylic acids is 2. The lowest BCUT2D eigenvalue weighted by atomic mass is 10.0. The fraction of sp³-hybridized carbons (Fsp3) is 0.400. The van der Waals surface area contributed by atoms with Crippen molar-refractivity contribution in [2.75, 3.05) is 6.54 Å². The lowest BCUT2D eigenvalue weighted by Gasteiger charge is -2.28. The summed E-state index contributed by atoms with van der Waals surface area (Å²) >= 11 is 0. The molecular weight excluding hydrogens is 377 g/mol. The van der Waals surface area contributed by atoms with Crippen molar-refractivity contribution in [3.05, 3.63) is 39.4 Å². The average Bonchev–Trinajstić information content (AvgIpc) is 2.56. The molecule has 0 spiro atoms. The maximum Gasteiger partial charge on any atom is 0.417 e. The van der Waals surface area contributed by atoms with E-state index in [9.17, 15) is 42.8 Å². The minimum Gasteiger partial charge on any atom is -0.481 e. The van der Waals surface area contributed by atoms with Crippen molar-refractivity contribution < 1.29 is 42.7 Å². The highest BCUT2D eigenvalue weighted by Crippen LogP contribution is 2.35. The summed E-state index contributed by atoms with van der Waals surface area (Å²) in [5.74, 6) is -4.24. The maximum absolute atomic E-state index is 13.2. The Labute approximate surface area is 150 Å². The molecule has 0 aliphatic carbocycles. The van der Waals surface area contributed by atoms with Crippen molar-refractivity contribution in [3.8, 4) is 0 Å². The molecule has 0 unspecified atom stereocenters. The van der Waals surface area contributed by atoms with Crippen LogP contribution >= 0.6 is 0 Å². The molecule has 1 atom stereocenters. The number of carboxylic acid groups (broad SMARTS) is 2. The molecule has 1 rings (SSSR count). The number of hydrogen-bond donors (Lipinski definition) is 2. The highest BCUT2D eigenvalue weighted by molar-refractivity contribution is 5.98. The molecule has 0 aliphatic rings. The molecule has 0 radical (unpaired) electrons. The van der Waals surface area contributed by atoms with Gasteiger partial charge in [-0.3, -0.25) is 19.7 Å². The van der Waals surface area contributed by atoms with Crippen LogP contribution in [-0.4, -0.2) is 50.5 Å². The Bertz CT molecular complexity index is 764. The van der Waals surface area contributed by atoms with Gasteiger partial charge >= 0.3 is 18.1 Å². The minimum absolute atomic E-state index is 0.189. The third-order valence-electron chi connectivity index (χ3n) is 3.64. The van der Waals surface area contributed by atoms with E-state index in [1.807, 2.05) is 0 Å². The van der Waals surface area contributed by atoms with E-state index in [-0.39, 0.29) is 12.6 Å². The summed E-state index contributed by atoms with van der Waals surface area (Å²) in [5.41, 5.74) is -3.43. The van der Waals surface area contributed by atoms with E-state index in [1.165, 1.54) is 6.92 Å². The Balaban J connectivity index is 3.40. The summed E-state index contributed by atoms with van der Waals surface area (Å²) < 4.78 is 39.7. The molecule has 0 fully saturated rings. The van der Waals surface area contributed by atoms with E-state index < -0.39 is 64.6 Å². The Kier molecular flexibility index (Phi) is 6.86. The van der Waals surface area contributed by atoms with Gasteiger partial charge in [-0.25, -0.2) is 4.79 Å². The number of halogens is 3. The fourth-order valence-corrected chi connectivity index (χ4v) is 2.40. The molecule has 9 nitrogen and oxygen atoms in total. The van der Waals surface area contributed by atoms with E-state index >= 15 is 0 Å². The zero-order valence-electron chi connectivity index (χ0n) is 13.9. The Morgan fingerprint density at radius 1 is 1.26 bits per heavy atom. The summed E-state index contributed by atoms with van der Waals surface area (Å²) in [7, 11) is 0. The van der Waals surface area contributed by atoms with E-state index in [4.69, 9.17) is 5.11 Å². The summed E-state index contributed by atoms with van der Waals surface area (Å²) in [6, 6.07) is -0.186. The van der Waals surface area contributed by atoms with Crippen LogP contribution in [-0.2, 0) is 15.8 Å². The number of likely N-dealkylation sites (N-methyl/N-ethyl adjacent to an activating group) is 1. The van der Waals surface area contributed by atoms with Crippen LogP contribution in [0.4, 0.5) is 18.9 Å². The highest BCUT2D eigenvalue weighted by atomic mass is 19.4. The summed E-state index contributed by atoms with van der Waals surface area (Å²) in [5, 5.41) is 28.6. The molecular formula is C15H15F3N2O7. The predicted molar refractivity (Wildman–Crippen MR) is 83.1 cm³/mol. The van der Waals surface area contributed by atoms with E-state index in [0.717, 1.165) is 0 Å².